The van der Waals surface area contributed by atoms with Gasteiger partial charge in [0.15, 0.2) is 17.5 Å². The Kier molecular flexibility index (Phi) is 4.88. The molecule has 0 amide bonds. The number of guanidine groups is 1. The number of aliphatic imine (C=N–C) groups is 1. The second-order valence-electron chi connectivity index (χ2n) is 5.71. The largest absolute Gasteiger partial charge is 0.505 e. The molecule has 25 heavy (non-hydrogen) atoms. The number of nitrogens with zero attached hydrogens (tertiary/aromatic N) is 1. The zero-order valence-corrected chi connectivity index (χ0v) is 14.1. The van der Waals surface area contributed by atoms with Gasteiger partial charge in [0.1, 0.15) is 11.3 Å². The molecular weight excluding hydrogens is 321 g/mol. The fraction of sp³-hybridized carbons (Fsp3) is 0.211. The van der Waals surface area contributed by atoms with Gasteiger partial charge < -0.3 is 20.2 Å². The number of nitrogens with one attached hydrogen (secondary N) is 2. The maximum atomic E-state index is 13.4. The third-order valence-corrected chi connectivity index (χ3v) is 4.05. The number of hydrogen-bond donors (Lipinski definition) is 3. The highest BCUT2D eigenvalue weighted by Gasteiger charge is 2.10. The van der Waals surface area contributed by atoms with Crippen LogP contribution in [-0.4, -0.2) is 18.1 Å². The van der Waals surface area contributed by atoms with Crippen molar-refractivity contribution in [3.8, 4) is 5.75 Å². The van der Waals surface area contributed by atoms with Crippen LogP contribution < -0.4 is 10.6 Å². The number of rotatable bonds is 4. The SMILES string of the molecule is CN=C(NCc1ccc(O)c(F)c1)NCc1oc2ccccc2c1C. The molecule has 0 aliphatic rings. The first kappa shape index (κ1) is 16.8. The Morgan fingerprint density at radius 3 is 2.64 bits per heavy atom. The van der Waals surface area contributed by atoms with E-state index in [0.717, 1.165) is 22.3 Å². The molecule has 0 aliphatic carbocycles. The van der Waals surface area contributed by atoms with E-state index in [-0.39, 0.29) is 5.75 Å². The molecule has 0 bridgehead atoms. The molecule has 5 nitrogen and oxygen atoms in total. The summed E-state index contributed by atoms with van der Waals surface area (Å²) in [6.45, 7) is 2.90. The fourth-order valence-electron chi connectivity index (χ4n) is 2.62. The van der Waals surface area contributed by atoms with Gasteiger partial charge in [-0.3, -0.25) is 4.99 Å². The van der Waals surface area contributed by atoms with Gasteiger partial charge >= 0.3 is 0 Å². The molecule has 0 aliphatic heterocycles. The Balaban J connectivity index is 1.62. The van der Waals surface area contributed by atoms with Gasteiger partial charge in [0.05, 0.1) is 6.54 Å². The highest BCUT2D eigenvalue weighted by molar-refractivity contribution is 5.82. The van der Waals surface area contributed by atoms with Crippen LogP contribution in [0.15, 0.2) is 51.9 Å². The summed E-state index contributed by atoms with van der Waals surface area (Å²) < 4.78 is 19.2. The normalized spacial score (nSPS) is 11.7. The average Bonchev–Trinajstić information content (AvgIpc) is 2.94. The minimum atomic E-state index is -0.639. The Labute approximate surface area is 145 Å². The smallest absolute Gasteiger partial charge is 0.191 e. The zero-order valence-electron chi connectivity index (χ0n) is 14.1. The fourth-order valence-corrected chi connectivity index (χ4v) is 2.62. The number of phenols is 1. The Morgan fingerprint density at radius 2 is 1.92 bits per heavy atom. The molecular formula is C19H20FN3O2. The van der Waals surface area contributed by atoms with Crippen LogP contribution in [0.25, 0.3) is 11.0 Å². The van der Waals surface area contributed by atoms with Crippen molar-refractivity contribution in [3.63, 3.8) is 0 Å². The Hall–Kier alpha value is -3.02. The lowest BCUT2D eigenvalue weighted by atomic mass is 10.1. The second-order valence-corrected chi connectivity index (χ2v) is 5.71. The molecule has 0 radical (unpaired) electrons. The van der Waals surface area contributed by atoms with Crippen LogP contribution in [-0.2, 0) is 13.1 Å². The lowest BCUT2D eigenvalue weighted by molar-refractivity contribution is 0.431. The summed E-state index contributed by atoms with van der Waals surface area (Å²) in [4.78, 5) is 4.15. The van der Waals surface area contributed by atoms with Crippen LogP contribution in [0.2, 0.25) is 0 Å². The maximum Gasteiger partial charge on any atom is 0.191 e. The maximum absolute atomic E-state index is 13.4. The minimum Gasteiger partial charge on any atom is -0.505 e. The number of fused-ring (bicyclic) bond motifs is 1. The van der Waals surface area contributed by atoms with Crippen LogP contribution in [0.3, 0.4) is 0 Å². The lowest BCUT2D eigenvalue weighted by Crippen LogP contribution is -2.36. The highest BCUT2D eigenvalue weighted by Crippen LogP contribution is 2.24. The van der Waals surface area contributed by atoms with Crippen LogP contribution in [0.1, 0.15) is 16.9 Å². The number of furan rings is 1. The van der Waals surface area contributed by atoms with Gasteiger partial charge in [-0.25, -0.2) is 4.39 Å². The average molecular weight is 341 g/mol. The van der Waals surface area contributed by atoms with Crippen molar-refractivity contribution in [1.29, 1.82) is 0 Å². The van der Waals surface area contributed by atoms with Gasteiger partial charge in [0.25, 0.3) is 0 Å². The molecule has 1 heterocycles. The number of aryl methyl sites for hydroxylation is 1. The first-order valence-corrected chi connectivity index (χ1v) is 7.97. The van der Waals surface area contributed by atoms with Crippen molar-refractivity contribution in [2.75, 3.05) is 7.05 Å². The van der Waals surface area contributed by atoms with Crippen LogP contribution in [0.5, 0.6) is 5.75 Å². The minimum absolute atomic E-state index is 0.355. The topological polar surface area (TPSA) is 69.8 Å². The van der Waals surface area contributed by atoms with E-state index in [1.165, 1.54) is 12.1 Å². The monoisotopic (exact) mass is 341 g/mol. The molecule has 3 rings (SSSR count). The van der Waals surface area contributed by atoms with E-state index < -0.39 is 5.82 Å². The molecule has 6 heteroatoms. The lowest BCUT2D eigenvalue weighted by Gasteiger charge is -2.11. The van der Waals surface area contributed by atoms with Gasteiger partial charge in [-0.2, -0.15) is 0 Å². The van der Waals surface area contributed by atoms with E-state index in [1.54, 1.807) is 13.1 Å². The molecule has 0 spiro atoms. The van der Waals surface area contributed by atoms with Gasteiger partial charge in [-0.05, 0) is 30.7 Å². The molecule has 0 fully saturated rings. The van der Waals surface area contributed by atoms with Crippen molar-refractivity contribution >= 4 is 16.9 Å². The van der Waals surface area contributed by atoms with Crippen molar-refractivity contribution in [2.24, 2.45) is 4.99 Å². The van der Waals surface area contributed by atoms with Crippen molar-refractivity contribution < 1.29 is 13.9 Å². The third-order valence-electron chi connectivity index (χ3n) is 4.05. The number of para-hydroxylation sites is 1. The Bertz CT molecular complexity index is 918. The number of benzene rings is 2. The summed E-state index contributed by atoms with van der Waals surface area (Å²) >= 11 is 0. The third kappa shape index (κ3) is 3.74. The predicted octanol–water partition coefficient (Wildman–Crippen LogP) is 3.45. The van der Waals surface area contributed by atoms with Crippen LogP contribution in [0.4, 0.5) is 4.39 Å². The van der Waals surface area contributed by atoms with Gasteiger partial charge in [0.2, 0.25) is 0 Å². The molecule has 3 N–H and O–H groups in total. The summed E-state index contributed by atoms with van der Waals surface area (Å²) in [5, 5.41) is 16.6. The summed E-state index contributed by atoms with van der Waals surface area (Å²) in [6.07, 6.45) is 0. The standard InChI is InChI=1S/C19H20FN3O2/c1-12-14-5-3-4-6-17(14)25-18(12)11-23-19(21-2)22-10-13-7-8-16(24)15(20)9-13/h3-9,24H,10-11H2,1-2H3,(H2,21,22,23). The number of hydrogen-bond acceptors (Lipinski definition) is 3. The molecule has 0 unspecified atom stereocenters. The van der Waals surface area contributed by atoms with E-state index in [9.17, 15) is 9.50 Å². The molecule has 130 valence electrons. The van der Waals surface area contributed by atoms with E-state index in [1.807, 2.05) is 31.2 Å². The first-order chi connectivity index (χ1) is 12.1. The summed E-state index contributed by atoms with van der Waals surface area (Å²) in [5.74, 6) is 0.430. The van der Waals surface area contributed by atoms with Gasteiger partial charge in [-0.1, -0.05) is 24.3 Å². The number of halogens is 1. The van der Waals surface area contributed by atoms with E-state index in [0.29, 0.717) is 24.6 Å². The predicted molar refractivity (Wildman–Crippen MR) is 96.1 cm³/mol. The summed E-state index contributed by atoms with van der Waals surface area (Å²) in [7, 11) is 1.66. The molecule has 2 aromatic carbocycles. The summed E-state index contributed by atoms with van der Waals surface area (Å²) in [6, 6.07) is 12.2. The number of phenolic OH excluding ortho intramolecular Hbond substituents is 1. The zero-order chi connectivity index (χ0) is 17.8. The van der Waals surface area contributed by atoms with Crippen molar-refractivity contribution in [1.82, 2.24) is 10.6 Å². The molecule has 0 saturated heterocycles. The van der Waals surface area contributed by atoms with E-state index >= 15 is 0 Å². The van der Waals surface area contributed by atoms with Gasteiger partial charge in [0, 0.05) is 24.5 Å². The molecule has 0 atom stereocenters. The first-order valence-electron chi connectivity index (χ1n) is 7.97. The number of aromatic hydroxyl groups is 1. The summed E-state index contributed by atoms with van der Waals surface area (Å²) in [5.41, 5.74) is 2.66. The van der Waals surface area contributed by atoms with E-state index in [4.69, 9.17) is 4.42 Å². The van der Waals surface area contributed by atoms with E-state index in [2.05, 4.69) is 15.6 Å². The second kappa shape index (κ2) is 7.25. The molecule has 1 aromatic heterocycles. The quantitative estimate of drug-likeness (QED) is 0.502. The van der Waals surface area contributed by atoms with Gasteiger partial charge in [-0.15, -0.1) is 0 Å². The highest BCUT2D eigenvalue weighted by atomic mass is 19.1. The Morgan fingerprint density at radius 1 is 1.16 bits per heavy atom. The van der Waals surface area contributed by atoms with Crippen LogP contribution >= 0.6 is 0 Å². The van der Waals surface area contributed by atoms with Crippen molar-refractivity contribution in [2.45, 2.75) is 20.0 Å². The van der Waals surface area contributed by atoms with Crippen molar-refractivity contribution in [3.05, 3.63) is 65.2 Å². The molecule has 0 saturated carbocycles. The van der Waals surface area contributed by atoms with Crippen LogP contribution in [0, 0.1) is 12.7 Å². The molecule has 3 aromatic rings.